The number of aromatic nitrogens is 4. The van der Waals surface area contributed by atoms with E-state index in [1.807, 2.05) is 46.1 Å². The van der Waals surface area contributed by atoms with Crippen LogP contribution in [0, 0.1) is 11.7 Å². The van der Waals surface area contributed by atoms with Crippen molar-refractivity contribution in [1.82, 2.24) is 24.6 Å². The number of nitrogens with zero attached hydrogens (tertiary/aromatic N) is 6. The van der Waals surface area contributed by atoms with E-state index in [0.29, 0.717) is 37.7 Å². The van der Waals surface area contributed by atoms with Crippen LogP contribution >= 0.6 is 0 Å². The summed E-state index contributed by atoms with van der Waals surface area (Å²) in [6.45, 7) is 6.73. The van der Waals surface area contributed by atoms with Gasteiger partial charge in [-0.05, 0) is 42.3 Å². The zero-order chi connectivity index (χ0) is 23.7. The van der Waals surface area contributed by atoms with Crippen molar-refractivity contribution in [2.24, 2.45) is 5.92 Å². The Balaban J connectivity index is 1.43. The molecule has 0 N–H and O–H groups in total. The fourth-order valence-electron chi connectivity index (χ4n) is 4.29. The van der Waals surface area contributed by atoms with Gasteiger partial charge in [0.05, 0.1) is 17.3 Å². The highest BCUT2D eigenvalue weighted by molar-refractivity contribution is 5.94. The standard InChI is InChI=1S/C26H27FN6O/c1-18(2)16-23-29-24(22-17-28-33(25(22)30-23)21-6-4-3-5-7-21)31-12-14-32(15-13-31)26(34)19-8-10-20(27)11-9-19/h3-11,17-18H,12-16H2,1-2H3. The first-order chi connectivity index (χ1) is 16.5. The largest absolute Gasteiger partial charge is 0.352 e. The van der Waals surface area contributed by atoms with Crippen molar-refractivity contribution in [2.45, 2.75) is 20.3 Å². The summed E-state index contributed by atoms with van der Waals surface area (Å²) in [5, 5.41) is 5.52. The third kappa shape index (κ3) is 4.35. The molecule has 0 spiro atoms. The van der Waals surface area contributed by atoms with Crippen molar-refractivity contribution in [3.63, 3.8) is 0 Å². The zero-order valence-electron chi connectivity index (χ0n) is 19.4. The Kier molecular flexibility index (Phi) is 5.96. The van der Waals surface area contributed by atoms with Gasteiger partial charge in [0.25, 0.3) is 5.91 Å². The van der Waals surface area contributed by atoms with E-state index in [9.17, 15) is 9.18 Å². The second-order valence-electron chi connectivity index (χ2n) is 8.98. The van der Waals surface area contributed by atoms with E-state index >= 15 is 0 Å². The maximum atomic E-state index is 13.2. The number of fused-ring (bicyclic) bond motifs is 1. The van der Waals surface area contributed by atoms with Crippen LogP contribution in [0.1, 0.15) is 30.0 Å². The summed E-state index contributed by atoms with van der Waals surface area (Å²) in [7, 11) is 0. The van der Waals surface area contributed by atoms with Crippen LogP contribution in [-0.4, -0.2) is 56.7 Å². The summed E-state index contributed by atoms with van der Waals surface area (Å²) >= 11 is 0. The molecule has 0 saturated carbocycles. The minimum absolute atomic E-state index is 0.0788. The van der Waals surface area contributed by atoms with Crippen LogP contribution in [-0.2, 0) is 6.42 Å². The number of anilines is 1. The molecule has 3 heterocycles. The van der Waals surface area contributed by atoms with Gasteiger partial charge in [-0.15, -0.1) is 0 Å². The van der Waals surface area contributed by atoms with Gasteiger partial charge in [0.15, 0.2) is 5.65 Å². The molecule has 1 aliphatic rings. The Bertz CT molecular complexity index is 1290. The number of benzene rings is 2. The number of para-hydroxylation sites is 1. The lowest BCUT2D eigenvalue weighted by Crippen LogP contribution is -2.49. The van der Waals surface area contributed by atoms with E-state index in [1.54, 1.807) is 0 Å². The molecule has 1 aliphatic heterocycles. The molecule has 174 valence electrons. The third-order valence-electron chi connectivity index (χ3n) is 6.00. The lowest BCUT2D eigenvalue weighted by Gasteiger charge is -2.35. The van der Waals surface area contributed by atoms with E-state index < -0.39 is 0 Å². The number of carbonyl (C=O) groups excluding carboxylic acids is 1. The summed E-state index contributed by atoms with van der Waals surface area (Å²) in [4.78, 5) is 26.7. The van der Waals surface area contributed by atoms with Gasteiger partial charge in [-0.25, -0.2) is 19.0 Å². The number of piperazine rings is 1. The Morgan fingerprint density at radius 3 is 2.35 bits per heavy atom. The molecule has 0 atom stereocenters. The number of halogens is 1. The molecule has 34 heavy (non-hydrogen) atoms. The predicted octanol–water partition coefficient (Wildman–Crippen LogP) is 4.12. The van der Waals surface area contributed by atoms with Crippen LogP contribution in [0.5, 0.6) is 0 Å². The second kappa shape index (κ2) is 9.21. The maximum absolute atomic E-state index is 13.2. The van der Waals surface area contributed by atoms with Gasteiger partial charge < -0.3 is 9.80 Å². The van der Waals surface area contributed by atoms with Crippen LogP contribution < -0.4 is 4.90 Å². The Morgan fingerprint density at radius 2 is 1.68 bits per heavy atom. The molecular formula is C26H27FN6O. The Labute approximate surface area is 197 Å². The van der Waals surface area contributed by atoms with Crippen molar-refractivity contribution in [3.8, 4) is 5.69 Å². The van der Waals surface area contributed by atoms with Gasteiger partial charge in [0, 0.05) is 38.2 Å². The molecule has 7 nitrogen and oxygen atoms in total. The minimum Gasteiger partial charge on any atom is -0.352 e. The normalized spacial score (nSPS) is 14.2. The molecule has 2 aromatic heterocycles. The maximum Gasteiger partial charge on any atom is 0.253 e. The monoisotopic (exact) mass is 458 g/mol. The SMILES string of the molecule is CC(C)Cc1nc(N2CCN(C(=O)c3ccc(F)cc3)CC2)c2cnn(-c3ccccc3)c2n1. The molecule has 1 amide bonds. The van der Waals surface area contributed by atoms with E-state index in [1.165, 1.54) is 24.3 Å². The quantitative estimate of drug-likeness (QED) is 0.450. The van der Waals surface area contributed by atoms with Gasteiger partial charge in [0.2, 0.25) is 0 Å². The first-order valence-corrected chi connectivity index (χ1v) is 11.6. The zero-order valence-corrected chi connectivity index (χ0v) is 19.4. The highest BCUT2D eigenvalue weighted by atomic mass is 19.1. The van der Waals surface area contributed by atoms with Crippen molar-refractivity contribution >= 4 is 22.8 Å². The minimum atomic E-state index is -0.345. The average molecular weight is 459 g/mol. The molecule has 0 bridgehead atoms. The van der Waals surface area contributed by atoms with Gasteiger partial charge in [-0.3, -0.25) is 4.79 Å². The first kappa shape index (κ1) is 22.0. The van der Waals surface area contributed by atoms with Crippen LogP contribution in [0.3, 0.4) is 0 Å². The number of rotatable bonds is 5. The fraction of sp³-hybridized carbons (Fsp3) is 0.308. The van der Waals surface area contributed by atoms with Gasteiger partial charge >= 0.3 is 0 Å². The molecular weight excluding hydrogens is 431 g/mol. The topological polar surface area (TPSA) is 67.2 Å². The summed E-state index contributed by atoms with van der Waals surface area (Å²) in [5.74, 6) is 1.65. The van der Waals surface area contributed by atoms with Crippen LogP contribution in [0.4, 0.5) is 10.2 Å². The Hall–Kier alpha value is -3.81. The third-order valence-corrected chi connectivity index (χ3v) is 6.00. The number of hydrogen-bond acceptors (Lipinski definition) is 5. The van der Waals surface area contributed by atoms with Crippen molar-refractivity contribution in [1.29, 1.82) is 0 Å². The van der Waals surface area contributed by atoms with Crippen molar-refractivity contribution < 1.29 is 9.18 Å². The van der Waals surface area contributed by atoms with Crippen molar-refractivity contribution in [3.05, 3.63) is 78.0 Å². The summed E-state index contributed by atoms with van der Waals surface area (Å²) < 4.78 is 15.1. The van der Waals surface area contributed by atoms with Crippen LogP contribution in [0.15, 0.2) is 60.8 Å². The van der Waals surface area contributed by atoms with Gasteiger partial charge in [-0.2, -0.15) is 5.10 Å². The Morgan fingerprint density at radius 1 is 0.971 bits per heavy atom. The highest BCUT2D eigenvalue weighted by Gasteiger charge is 2.26. The summed E-state index contributed by atoms with van der Waals surface area (Å²) in [5.41, 5.74) is 2.24. The van der Waals surface area contributed by atoms with Crippen LogP contribution in [0.2, 0.25) is 0 Å². The molecule has 0 aliphatic carbocycles. The molecule has 8 heteroatoms. The summed E-state index contributed by atoms with van der Waals surface area (Å²) in [6, 6.07) is 15.7. The molecule has 4 aromatic rings. The number of amides is 1. The molecule has 0 unspecified atom stereocenters. The smallest absolute Gasteiger partial charge is 0.253 e. The van der Waals surface area contributed by atoms with E-state index in [2.05, 4.69) is 23.8 Å². The van der Waals surface area contributed by atoms with Gasteiger partial charge in [0.1, 0.15) is 17.5 Å². The van der Waals surface area contributed by atoms with E-state index in [0.717, 1.165) is 34.8 Å². The molecule has 1 saturated heterocycles. The number of hydrogen-bond donors (Lipinski definition) is 0. The predicted molar refractivity (Wildman–Crippen MR) is 130 cm³/mol. The van der Waals surface area contributed by atoms with Crippen LogP contribution in [0.25, 0.3) is 16.7 Å². The average Bonchev–Trinajstić information content (AvgIpc) is 3.28. The van der Waals surface area contributed by atoms with E-state index in [-0.39, 0.29) is 11.7 Å². The first-order valence-electron chi connectivity index (χ1n) is 11.6. The number of carbonyl (C=O) groups is 1. The van der Waals surface area contributed by atoms with Gasteiger partial charge in [-0.1, -0.05) is 32.0 Å². The lowest BCUT2D eigenvalue weighted by molar-refractivity contribution is 0.0746. The summed E-state index contributed by atoms with van der Waals surface area (Å²) in [6.07, 6.45) is 2.60. The lowest BCUT2D eigenvalue weighted by atomic mass is 10.1. The highest BCUT2D eigenvalue weighted by Crippen LogP contribution is 2.27. The van der Waals surface area contributed by atoms with E-state index in [4.69, 9.17) is 9.97 Å². The molecule has 5 rings (SSSR count). The second-order valence-corrected chi connectivity index (χ2v) is 8.98. The molecule has 1 fully saturated rings. The van der Waals surface area contributed by atoms with Crippen molar-refractivity contribution in [2.75, 3.05) is 31.1 Å². The molecule has 2 aromatic carbocycles. The fourth-order valence-corrected chi connectivity index (χ4v) is 4.29. The molecule has 0 radical (unpaired) electrons.